The van der Waals surface area contributed by atoms with Crippen LogP contribution in [0, 0.1) is 0 Å². The molecule has 0 saturated heterocycles. The minimum absolute atomic E-state index is 0.0340. The maximum Gasteiger partial charge on any atom is 0.405 e. The van der Waals surface area contributed by atoms with Gasteiger partial charge in [0.15, 0.2) is 5.76 Å². The lowest BCUT2D eigenvalue weighted by molar-refractivity contribution is -0.123. The molecular formula is C23H17F3N4O3. The lowest BCUT2D eigenvalue weighted by Crippen LogP contribution is -2.33. The Hall–Kier alpha value is -4.34. The quantitative estimate of drug-likeness (QED) is 0.443. The molecular weight excluding hydrogens is 437 g/mol. The molecule has 168 valence electrons. The molecule has 0 saturated carbocycles. The molecule has 4 aromatic rings. The first kappa shape index (κ1) is 21.9. The van der Waals surface area contributed by atoms with Gasteiger partial charge in [0, 0.05) is 17.3 Å². The van der Waals surface area contributed by atoms with Crippen molar-refractivity contribution in [3.8, 4) is 17.1 Å². The average molecular weight is 454 g/mol. The number of hydrogen-bond donors (Lipinski definition) is 2. The van der Waals surface area contributed by atoms with Crippen molar-refractivity contribution < 1.29 is 27.2 Å². The average Bonchev–Trinajstić information content (AvgIpc) is 3.48. The zero-order chi connectivity index (χ0) is 23.4. The fraction of sp³-hybridized carbons (Fsp3) is 0.0870. The van der Waals surface area contributed by atoms with Gasteiger partial charge in [0.2, 0.25) is 0 Å². The van der Waals surface area contributed by atoms with Crippen molar-refractivity contribution in [2.75, 3.05) is 11.9 Å². The van der Waals surface area contributed by atoms with Gasteiger partial charge >= 0.3 is 6.18 Å². The van der Waals surface area contributed by atoms with Crippen molar-refractivity contribution in [3.63, 3.8) is 0 Å². The molecule has 0 bridgehead atoms. The Kier molecular flexibility index (Phi) is 5.99. The number of benzene rings is 2. The number of hydrogen-bond acceptors (Lipinski definition) is 4. The number of carbonyl (C=O) groups is 2. The van der Waals surface area contributed by atoms with E-state index in [1.807, 2.05) is 18.2 Å². The number of carbonyl (C=O) groups excluding carboxylic acids is 2. The SMILES string of the molecule is O=C(NCC(F)(F)F)c1ccc(NC(=O)c2cc(-c3ccco3)nn2-c2ccccc2)cc1. The highest BCUT2D eigenvalue weighted by molar-refractivity contribution is 6.04. The molecule has 0 radical (unpaired) electrons. The summed E-state index contributed by atoms with van der Waals surface area (Å²) in [7, 11) is 0. The number of para-hydroxylation sites is 1. The summed E-state index contributed by atoms with van der Waals surface area (Å²) >= 11 is 0. The number of halogens is 3. The molecule has 33 heavy (non-hydrogen) atoms. The molecule has 2 aromatic heterocycles. The van der Waals surface area contributed by atoms with E-state index >= 15 is 0 Å². The van der Waals surface area contributed by atoms with Crippen LogP contribution >= 0.6 is 0 Å². The minimum Gasteiger partial charge on any atom is -0.463 e. The maximum absolute atomic E-state index is 13.0. The van der Waals surface area contributed by atoms with Gasteiger partial charge in [0.1, 0.15) is 17.9 Å². The number of furan rings is 1. The molecule has 0 aliphatic carbocycles. The first-order valence-corrected chi connectivity index (χ1v) is 9.76. The predicted molar refractivity (Wildman–Crippen MR) is 114 cm³/mol. The Labute approximate surface area is 185 Å². The van der Waals surface area contributed by atoms with Crippen LogP contribution in [0.1, 0.15) is 20.8 Å². The van der Waals surface area contributed by atoms with Crippen molar-refractivity contribution in [3.05, 3.63) is 90.3 Å². The van der Waals surface area contributed by atoms with Gasteiger partial charge in [-0.25, -0.2) is 4.68 Å². The molecule has 10 heteroatoms. The molecule has 0 unspecified atom stereocenters. The van der Waals surface area contributed by atoms with Crippen LogP contribution in [-0.4, -0.2) is 34.3 Å². The summed E-state index contributed by atoms with van der Waals surface area (Å²) in [4.78, 5) is 24.9. The highest BCUT2D eigenvalue weighted by Gasteiger charge is 2.28. The number of nitrogens with zero attached hydrogens (tertiary/aromatic N) is 2. The summed E-state index contributed by atoms with van der Waals surface area (Å²) in [5.41, 5.74) is 1.75. The summed E-state index contributed by atoms with van der Waals surface area (Å²) in [6.45, 7) is -1.42. The predicted octanol–water partition coefficient (Wildman–Crippen LogP) is 4.68. The van der Waals surface area contributed by atoms with Gasteiger partial charge < -0.3 is 15.1 Å². The van der Waals surface area contributed by atoms with Crippen LogP contribution in [0.25, 0.3) is 17.1 Å². The molecule has 2 amide bonds. The summed E-state index contributed by atoms with van der Waals surface area (Å²) in [6, 6.07) is 19.6. The van der Waals surface area contributed by atoms with E-state index < -0.39 is 24.5 Å². The molecule has 2 aromatic carbocycles. The third kappa shape index (κ3) is 5.29. The van der Waals surface area contributed by atoms with Crippen molar-refractivity contribution >= 4 is 17.5 Å². The fourth-order valence-electron chi connectivity index (χ4n) is 3.04. The molecule has 0 aliphatic heterocycles. The number of anilines is 1. The lowest BCUT2D eigenvalue weighted by Gasteiger charge is -2.10. The van der Waals surface area contributed by atoms with Gasteiger partial charge in [0.05, 0.1) is 12.0 Å². The maximum atomic E-state index is 13.0. The van der Waals surface area contributed by atoms with E-state index in [-0.39, 0.29) is 11.3 Å². The van der Waals surface area contributed by atoms with Crippen LogP contribution in [0.2, 0.25) is 0 Å². The second kappa shape index (κ2) is 9.03. The highest BCUT2D eigenvalue weighted by atomic mass is 19.4. The van der Waals surface area contributed by atoms with E-state index in [0.29, 0.717) is 22.8 Å². The summed E-state index contributed by atoms with van der Waals surface area (Å²) in [5, 5.41) is 8.98. The van der Waals surface area contributed by atoms with E-state index in [1.165, 1.54) is 35.2 Å². The van der Waals surface area contributed by atoms with Crippen LogP contribution < -0.4 is 10.6 Å². The Morgan fingerprint density at radius 3 is 2.30 bits per heavy atom. The topological polar surface area (TPSA) is 89.2 Å². The van der Waals surface area contributed by atoms with Gasteiger partial charge in [-0.2, -0.15) is 18.3 Å². The molecule has 4 rings (SSSR count). The molecule has 0 spiro atoms. The minimum atomic E-state index is -4.50. The van der Waals surface area contributed by atoms with Crippen LogP contribution in [0.3, 0.4) is 0 Å². The van der Waals surface area contributed by atoms with Gasteiger partial charge in [-0.1, -0.05) is 18.2 Å². The largest absolute Gasteiger partial charge is 0.463 e. The molecule has 0 aliphatic rings. The highest BCUT2D eigenvalue weighted by Crippen LogP contribution is 2.23. The van der Waals surface area contributed by atoms with Crippen LogP contribution in [-0.2, 0) is 0 Å². The van der Waals surface area contributed by atoms with Crippen molar-refractivity contribution in [2.45, 2.75) is 6.18 Å². The van der Waals surface area contributed by atoms with Crippen molar-refractivity contribution in [2.24, 2.45) is 0 Å². The Morgan fingerprint density at radius 1 is 0.939 bits per heavy atom. The van der Waals surface area contributed by atoms with Crippen molar-refractivity contribution in [1.82, 2.24) is 15.1 Å². The third-order valence-electron chi connectivity index (χ3n) is 4.57. The zero-order valence-electron chi connectivity index (χ0n) is 17.0. The van der Waals surface area contributed by atoms with E-state index in [2.05, 4.69) is 10.4 Å². The van der Waals surface area contributed by atoms with Gasteiger partial charge in [-0.15, -0.1) is 0 Å². The van der Waals surface area contributed by atoms with Gasteiger partial charge in [0.25, 0.3) is 11.8 Å². The zero-order valence-corrected chi connectivity index (χ0v) is 17.0. The molecule has 2 heterocycles. The second-order valence-corrected chi connectivity index (χ2v) is 6.97. The Balaban J connectivity index is 1.54. The number of nitrogens with one attached hydrogen (secondary N) is 2. The van der Waals surface area contributed by atoms with E-state index in [9.17, 15) is 22.8 Å². The summed E-state index contributed by atoms with van der Waals surface area (Å²) in [6.07, 6.45) is -3.00. The lowest BCUT2D eigenvalue weighted by atomic mass is 10.2. The third-order valence-corrected chi connectivity index (χ3v) is 4.57. The monoisotopic (exact) mass is 454 g/mol. The van der Waals surface area contributed by atoms with Crippen LogP contribution in [0.4, 0.5) is 18.9 Å². The van der Waals surface area contributed by atoms with Crippen LogP contribution in [0.5, 0.6) is 0 Å². The van der Waals surface area contributed by atoms with Crippen molar-refractivity contribution in [1.29, 1.82) is 0 Å². The normalized spacial score (nSPS) is 11.2. The Bertz CT molecular complexity index is 1250. The first-order valence-electron chi connectivity index (χ1n) is 9.76. The molecule has 7 nitrogen and oxygen atoms in total. The molecule has 2 N–H and O–H groups in total. The van der Waals surface area contributed by atoms with E-state index in [4.69, 9.17) is 4.42 Å². The standard InChI is InChI=1S/C23H17F3N4O3/c24-23(25,26)14-27-21(31)15-8-10-16(11-9-15)28-22(32)19-13-18(20-7-4-12-33-20)29-30(19)17-5-2-1-3-6-17/h1-13H,14H2,(H,27,31)(H,28,32). The van der Waals surface area contributed by atoms with Gasteiger partial charge in [-0.05, 0) is 48.5 Å². The summed E-state index contributed by atoms with van der Waals surface area (Å²) < 4.78 is 43.7. The van der Waals surface area contributed by atoms with E-state index in [0.717, 1.165) is 0 Å². The fourth-order valence-corrected chi connectivity index (χ4v) is 3.04. The van der Waals surface area contributed by atoms with Crippen LogP contribution in [0.15, 0.2) is 83.5 Å². The second-order valence-electron chi connectivity index (χ2n) is 6.97. The Morgan fingerprint density at radius 2 is 1.67 bits per heavy atom. The van der Waals surface area contributed by atoms with E-state index in [1.54, 1.807) is 35.6 Å². The number of amides is 2. The number of rotatable bonds is 6. The summed E-state index contributed by atoms with van der Waals surface area (Å²) in [5.74, 6) is -0.846. The van der Waals surface area contributed by atoms with Gasteiger partial charge in [-0.3, -0.25) is 9.59 Å². The number of aromatic nitrogens is 2. The number of alkyl halides is 3. The first-order chi connectivity index (χ1) is 15.8. The molecule has 0 fully saturated rings. The smallest absolute Gasteiger partial charge is 0.405 e. The molecule has 0 atom stereocenters.